The van der Waals surface area contributed by atoms with Gasteiger partial charge < -0.3 is 0 Å². The standard InChI is InChI=1S/C27H44O/c1-17(2)18-9-12-24(3)15-16-26(5)20(23(18)24)7-8-22-25(4)13-11-21(28)19(25)10-14-27(22,26)6/h17-20,22-23H,7-16H2,1-6H3/t18-,19+,20+,22+,23+,24+,25+,26+,27+/m0/s1. The fraction of sp³-hybridized carbons (Fsp3) is 0.963. The minimum absolute atomic E-state index is 0.298. The van der Waals surface area contributed by atoms with Crippen molar-refractivity contribution in [3.63, 3.8) is 0 Å². The van der Waals surface area contributed by atoms with Gasteiger partial charge in [-0.25, -0.2) is 0 Å². The Hall–Kier alpha value is -0.330. The van der Waals surface area contributed by atoms with Crippen LogP contribution in [-0.2, 0) is 4.79 Å². The third kappa shape index (κ3) is 2.18. The lowest BCUT2D eigenvalue weighted by Gasteiger charge is -2.70. The highest BCUT2D eigenvalue weighted by molar-refractivity contribution is 5.84. The van der Waals surface area contributed by atoms with E-state index in [1.54, 1.807) is 0 Å². The summed E-state index contributed by atoms with van der Waals surface area (Å²) < 4.78 is 0. The third-order valence-electron chi connectivity index (χ3n) is 12.3. The first-order valence-corrected chi connectivity index (χ1v) is 12.6. The smallest absolute Gasteiger partial charge is 0.136 e. The molecule has 0 N–H and O–H groups in total. The van der Waals surface area contributed by atoms with Gasteiger partial charge in [-0.05, 0) is 109 Å². The largest absolute Gasteiger partial charge is 0.299 e. The van der Waals surface area contributed by atoms with Gasteiger partial charge in [0.05, 0.1) is 0 Å². The van der Waals surface area contributed by atoms with Crippen LogP contribution in [0.3, 0.4) is 0 Å². The van der Waals surface area contributed by atoms with Gasteiger partial charge in [-0.2, -0.15) is 0 Å². The molecule has 28 heavy (non-hydrogen) atoms. The maximum Gasteiger partial charge on any atom is 0.136 e. The van der Waals surface area contributed by atoms with Crippen molar-refractivity contribution in [2.75, 3.05) is 0 Å². The van der Waals surface area contributed by atoms with Gasteiger partial charge in [0.2, 0.25) is 0 Å². The number of carbonyl (C=O) groups excluding carboxylic acids is 1. The van der Waals surface area contributed by atoms with Gasteiger partial charge in [0.25, 0.3) is 0 Å². The van der Waals surface area contributed by atoms with E-state index in [0.29, 0.717) is 33.4 Å². The zero-order valence-corrected chi connectivity index (χ0v) is 19.4. The Morgan fingerprint density at radius 2 is 1.57 bits per heavy atom. The monoisotopic (exact) mass is 384 g/mol. The van der Waals surface area contributed by atoms with E-state index >= 15 is 0 Å². The highest BCUT2D eigenvalue weighted by atomic mass is 16.1. The molecular formula is C27H44O. The third-order valence-corrected chi connectivity index (χ3v) is 12.3. The summed E-state index contributed by atoms with van der Waals surface area (Å²) in [7, 11) is 0. The zero-order chi connectivity index (χ0) is 20.1. The van der Waals surface area contributed by atoms with Gasteiger partial charge >= 0.3 is 0 Å². The molecule has 0 unspecified atom stereocenters. The molecule has 0 aromatic rings. The van der Waals surface area contributed by atoms with Gasteiger partial charge in [0.15, 0.2) is 0 Å². The lowest BCUT2D eigenvalue weighted by Crippen LogP contribution is -2.63. The van der Waals surface area contributed by atoms with Crippen molar-refractivity contribution in [3.05, 3.63) is 0 Å². The molecule has 158 valence electrons. The first-order valence-electron chi connectivity index (χ1n) is 12.6. The van der Waals surface area contributed by atoms with Crippen molar-refractivity contribution in [3.8, 4) is 0 Å². The minimum Gasteiger partial charge on any atom is -0.299 e. The van der Waals surface area contributed by atoms with Crippen molar-refractivity contribution in [2.24, 2.45) is 57.2 Å². The molecule has 5 aliphatic carbocycles. The molecule has 0 bridgehead atoms. The Bertz CT molecular complexity index is 680. The van der Waals surface area contributed by atoms with Crippen LogP contribution in [0.25, 0.3) is 0 Å². The average Bonchev–Trinajstić information content (AvgIpc) is 3.13. The van der Waals surface area contributed by atoms with E-state index in [4.69, 9.17) is 0 Å². The van der Waals surface area contributed by atoms with Gasteiger partial charge in [-0.15, -0.1) is 0 Å². The molecule has 1 nitrogen and oxygen atoms in total. The number of hydrogen-bond donors (Lipinski definition) is 0. The average molecular weight is 385 g/mol. The molecular weight excluding hydrogens is 340 g/mol. The molecule has 0 aromatic carbocycles. The first kappa shape index (κ1) is 19.6. The predicted octanol–water partition coefficient (Wildman–Crippen LogP) is 7.29. The number of hydrogen-bond acceptors (Lipinski definition) is 1. The van der Waals surface area contributed by atoms with Crippen LogP contribution in [0.5, 0.6) is 0 Å². The van der Waals surface area contributed by atoms with Crippen molar-refractivity contribution in [1.82, 2.24) is 0 Å². The molecule has 1 heteroatoms. The maximum absolute atomic E-state index is 12.7. The second-order valence-electron chi connectivity index (χ2n) is 13.3. The Labute approximate surface area is 173 Å². The van der Waals surface area contributed by atoms with Crippen molar-refractivity contribution in [1.29, 1.82) is 0 Å². The Kier molecular flexibility index (Phi) is 4.12. The molecule has 9 atom stereocenters. The first-order chi connectivity index (χ1) is 13.1. The predicted molar refractivity (Wildman–Crippen MR) is 116 cm³/mol. The second kappa shape index (κ2) is 5.88. The lowest BCUT2D eigenvalue weighted by atomic mass is 9.35. The lowest BCUT2D eigenvalue weighted by molar-refractivity contribution is -0.213. The van der Waals surface area contributed by atoms with E-state index in [1.165, 1.54) is 57.8 Å². The minimum atomic E-state index is 0.298. The molecule has 0 aromatic heterocycles. The van der Waals surface area contributed by atoms with Gasteiger partial charge in [0, 0.05) is 12.3 Å². The summed E-state index contributed by atoms with van der Waals surface area (Å²) in [5, 5.41) is 0. The number of ketones is 1. The highest BCUT2D eigenvalue weighted by Crippen LogP contribution is 2.76. The van der Waals surface area contributed by atoms with Gasteiger partial charge in [0.1, 0.15) is 5.78 Å². The molecule has 5 saturated carbocycles. The Morgan fingerprint density at radius 1 is 0.821 bits per heavy atom. The molecule has 0 heterocycles. The number of carbonyl (C=O) groups is 1. The number of rotatable bonds is 1. The van der Waals surface area contributed by atoms with E-state index in [9.17, 15) is 4.79 Å². The zero-order valence-electron chi connectivity index (χ0n) is 19.4. The SMILES string of the molecule is CC(C)[C@@H]1CC[C@]2(C)CC[C@]3(C)[C@H](CC[C@@H]4[C@]5(C)CCC(=O)[C@H]5CC[C@]43C)[C@@H]12. The van der Waals surface area contributed by atoms with Crippen molar-refractivity contribution >= 4 is 5.78 Å². The highest BCUT2D eigenvalue weighted by Gasteiger charge is 2.69. The topological polar surface area (TPSA) is 17.1 Å². The Morgan fingerprint density at radius 3 is 2.29 bits per heavy atom. The van der Waals surface area contributed by atoms with E-state index in [1.807, 2.05) is 0 Å². The van der Waals surface area contributed by atoms with E-state index in [-0.39, 0.29) is 0 Å². The summed E-state index contributed by atoms with van der Waals surface area (Å²) in [6.07, 6.45) is 13.2. The van der Waals surface area contributed by atoms with E-state index < -0.39 is 0 Å². The molecule has 0 amide bonds. The number of fused-ring (bicyclic) bond motifs is 7. The molecule has 0 saturated heterocycles. The second-order valence-corrected chi connectivity index (χ2v) is 13.3. The molecule has 0 spiro atoms. The summed E-state index contributed by atoms with van der Waals surface area (Å²) >= 11 is 0. The normalized spacial score (nSPS) is 58.2. The van der Waals surface area contributed by atoms with Crippen LogP contribution in [0.1, 0.15) is 106 Å². The molecule has 0 radical (unpaired) electrons. The summed E-state index contributed by atoms with van der Waals surface area (Å²) in [5.41, 5.74) is 1.83. The summed E-state index contributed by atoms with van der Waals surface area (Å²) in [6, 6.07) is 0. The van der Waals surface area contributed by atoms with Crippen LogP contribution < -0.4 is 0 Å². The number of Topliss-reactive ketones (excluding diaryl/α,β-unsaturated/α-hetero) is 1. The Balaban J connectivity index is 1.55. The summed E-state index contributed by atoms with van der Waals surface area (Å²) in [6.45, 7) is 15.6. The van der Waals surface area contributed by atoms with E-state index in [0.717, 1.165) is 36.0 Å². The fourth-order valence-electron chi connectivity index (χ4n) is 10.6. The van der Waals surface area contributed by atoms with Gasteiger partial charge in [-0.1, -0.05) is 41.5 Å². The van der Waals surface area contributed by atoms with E-state index in [2.05, 4.69) is 41.5 Å². The van der Waals surface area contributed by atoms with Gasteiger partial charge in [-0.3, -0.25) is 4.79 Å². The molecule has 5 aliphatic rings. The van der Waals surface area contributed by atoms with Crippen LogP contribution in [-0.4, -0.2) is 5.78 Å². The quantitative estimate of drug-likeness (QED) is 0.464. The molecule has 5 fully saturated rings. The van der Waals surface area contributed by atoms with Crippen LogP contribution in [0.15, 0.2) is 0 Å². The molecule has 0 aliphatic heterocycles. The molecule has 5 rings (SSSR count). The maximum atomic E-state index is 12.7. The van der Waals surface area contributed by atoms with Crippen LogP contribution >= 0.6 is 0 Å². The van der Waals surface area contributed by atoms with Crippen LogP contribution in [0.4, 0.5) is 0 Å². The summed E-state index contributed by atoms with van der Waals surface area (Å²) in [4.78, 5) is 12.7. The van der Waals surface area contributed by atoms with Crippen molar-refractivity contribution in [2.45, 2.75) is 106 Å². The van der Waals surface area contributed by atoms with Crippen molar-refractivity contribution < 1.29 is 4.79 Å². The van der Waals surface area contributed by atoms with Crippen LogP contribution in [0.2, 0.25) is 0 Å². The van der Waals surface area contributed by atoms with Crippen LogP contribution in [0, 0.1) is 57.2 Å². The summed E-state index contributed by atoms with van der Waals surface area (Å²) in [5.74, 6) is 5.39. The fourth-order valence-corrected chi connectivity index (χ4v) is 10.6.